The lowest BCUT2D eigenvalue weighted by atomic mass is 10.2. The Labute approximate surface area is 154 Å². The summed E-state index contributed by atoms with van der Waals surface area (Å²) >= 11 is 3.40. The zero-order valence-electron chi connectivity index (χ0n) is 13.9. The van der Waals surface area contributed by atoms with Gasteiger partial charge in [0, 0.05) is 13.2 Å². The predicted molar refractivity (Wildman–Crippen MR) is 98.2 cm³/mol. The van der Waals surface area contributed by atoms with E-state index in [0.29, 0.717) is 21.9 Å². The summed E-state index contributed by atoms with van der Waals surface area (Å²) in [7, 11) is -2.02. The van der Waals surface area contributed by atoms with Gasteiger partial charge in [0.1, 0.15) is 5.82 Å². The summed E-state index contributed by atoms with van der Waals surface area (Å²) < 4.78 is 23.1. The van der Waals surface area contributed by atoms with E-state index in [2.05, 4.69) is 36.2 Å². The van der Waals surface area contributed by atoms with Crippen molar-refractivity contribution in [2.75, 3.05) is 17.3 Å². The van der Waals surface area contributed by atoms with Crippen LogP contribution in [0.25, 0.3) is 0 Å². The molecule has 0 spiro atoms. The molecular weight excluding hydrogens is 412 g/mol. The van der Waals surface area contributed by atoms with Crippen LogP contribution < -0.4 is 15.4 Å². The van der Waals surface area contributed by atoms with Crippen LogP contribution in [0.3, 0.4) is 0 Å². The Morgan fingerprint density at radius 3 is 2.48 bits per heavy atom. The number of hydrogen-bond acceptors (Lipinski definition) is 8. The fourth-order valence-electron chi connectivity index (χ4n) is 1.93. The van der Waals surface area contributed by atoms with Crippen LogP contribution >= 0.6 is 15.9 Å². The van der Waals surface area contributed by atoms with Gasteiger partial charge in [-0.1, -0.05) is 0 Å². The lowest BCUT2D eigenvalue weighted by Gasteiger charge is -2.28. The number of nitrogens with zero attached hydrogens (tertiary/aromatic N) is 4. The largest absolute Gasteiger partial charge is 0.391 e. The molecule has 4 N–H and O–H groups in total. The number of aliphatic hydroxyl groups excluding tert-OH is 1. The summed E-state index contributed by atoms with van der Waals surface area (Å²) in [5, 5.41) is 17.5. The van der Waals surface area contributed by atoms with Crippen LogP contribution in [0.15, 0.2) is 34.0 Å². The molecule has 0 saturated carbocycles. The average molecular weight is 431 g/mol. The summed E-state index contributed by atoms with van der Waals surface area (Å²) in [6.07, 6.45) is 2.37. The summed E-state index contributed by atoms with van der Waals surface area (Å²) in [4.78, 5) is 14.2. The van der Waals surface area contributed by atoms with Gasteiger partial charge in [0.2, 0.25) is 5.95 Å². The van der Waals surface area contributed by atoms with Crippen molar-refractivity contribution in [2.24, 2.45) is 5.14 Å². The first-order valence-corrected chi connectivity index (χ1v) is 9.63. The number of aromatic nitrogens is 3. The third-order valence-corrected chi connectivity index (χ3v) is 5.04. The molecule has 25 heavy (non-hydrogen) atoms. The van der Waals surface area contributed by atoms with E-state index in [1.165, 1.54) is 18.3 Å². The van der Waals surface area contributed by atoms with Crippen LogP contribution in [0.5, 0.6) is 0 Å². The number of nitrogens with one attached hydrogen (secondary N) is 1. The van der Waals surface area contributed by atoms with Gasteiger partial charge in [0.25, 0.3) is 10.0 Å². The Morgan fingerprint density at radius 2 is 1.96 bits per heavy atom. The fourth-order valence-corrected chi connectivity index (χ4v) is 2.86. The van der Waals surface area contributed by atoms with Gasteiger partial charge in [-0.25, -0.2) is 23.5 Å². The number of pyridine rings is 1. The van der Waals surface area contributed by atoms with Crippen molar-refractivity contribution in [3.05, 3.63) is 29.0 Å². The Bertz CT molecular complexity index is 844. The standard InChI is InChI=1S/C14H19BrN6O3S/c1-8(9(2)22)21(3)13-11(15)7-18-14(20-13)19-10-4-5-12(17-6-10)25(16,23)24/h4-9,22H,1-3H3,(H2,16,23,24)(H,18,19,20). The molecule has 2 rings (SSSR count). The predicted octanol–water partition coefficient (Wildman–Crippen LogP) is 1.23. The van der Waals surface area contributed by atoms with E-state index in [-0.39, 0.29) is 11.1 Å². The minimum atomic E-state index is -3.84. The van der Waals surface area contributed by atoms with E-state index in [9.17, 15) is 13.5 Å². The zero-order chi connectivity index (χ0) is 18.8. The van der Waals surface area contributed by atoms with E-state index in [1.807, 2.05) is 18.9 Å². The topological polar surface area (TPSA) is 134 Å². The van der Waals surface area contributed by atoms with E-state index in [4.69, 9.17) is 5.14 Å². The van der Waals surface area contributed by atoms with Gasteiger partial charge in [-0.15, -0.1) is 0 Å². The molecule has 0 amide bonds. The third-order valence-electron chi connectivity index (χ3n) is 3.65. The maximum atomic E-state index is 11.2. The van der Waals surface area contributed by atoms with Crippen molar-refractivity contribution in [3.63, 3.8) is 0 Å². The minimum absolute atomic E-state index is 0.158. The summed E-state index contributed by atoms with van der Waals surface area (Å²) in [6, 6.07) is 2.65. The summed E-state index contributed by atoms with van der Waals surface area (Å²) in [5.41, 5.74) is 0.506. The molecule has 9 nitrogen and oxygen atoms in total. The Balaban J connectivity index is 2.25. The third kappa shape index (κ3) is 4.84. The molecule has 2 aromatic heterocycles. The Hall–Kier alpha value is -1.82. The van der Waals surface area contributed by atoms with E-state index in [1.54, 1.807) is 13.1 Å². The Kier molecular flexibility index (Phi) is 5.93. The van der Waals surface area contributed by atoms with Crippen LogP contribution in [0, 0.1) is 0 Å². The number of hydrogen-bond donors (Lipinski definition) is 3. The first kappa shape index (κ1) is 19.5. The van der Waals surface area contributed by atoms with Crippen molar-refractivity contribution in [1.29, 1.82) is 0 Å². The second kappa shape index (κ2) is 7.60. The molecule has 11 heteroatoms. The molecule has 0 fully saturated rings. The average Bonchev–Trinajstić information content (AvgIpc) is 2.55. The molecule has 0 bridgehead atoms. The highest BCUT2D eigenvalue weighted by Gasteiger charge is 2.19. The molecule has 0 aliphatic carbocycles. The smallest absolute Gasteiger partial charge is 0.255 e. The van der Waals surface area contributed by atoms with Gasteiger partial charge < -0.3 is 15.3 Å². The highest BCUT2D eigenvalue weighted by Crippen LogP contribution is 2.26. The van der Waals surface area contributed by atoms with Crippen molar-refractivity contribution in [3.8, 4) is 0 Å². The van der Waals surface area contributed by atoms with Crippen LogP contribution in [0.1, 0.15) is 13.8 Å². The van der Waals surface area contributed by atoms with Crippen LogP contribution in [0.4, 0.5) is 17.5 Å². The quantitative estimate of drug-likeness (QED) is 0.622. The molecule has 0 aliphatic rings. The number of sulfonamides is 1. The van der Waals surface area contributed by atoms with Gasteiger partial charge in [-0.3, -0.25) is 0 Å². The maximum absolute atomic E-state index is 11.2. The molecule has 2 heterocycles. The highest BCUT2D eigenvalue weighted by atomic mass is 79.9. The zero-order valence-corrected chi connectivity index (χ0v) is 16.3. The molecule has 0 saturated heterocycles. The number of nitrogens with two attached hydrogens (primary N) is 1. The molecule has 136 valence electrons. The van der Waals surface area contributed by atoms with Crippen LogP contribution in [-0.2, 0) is 10.0 Å². The van der Waals surface area contributed by atoms with Crippen LogP contribution in [-0.4, -0.2) is 47.7 Å². The normalized spacial score (nSPS) is 14.0. The minimum Gasteiger partial charge on any atom is -0.391 e. The SMILES string of the molecule is CC(O)C(C)N(C)c1nc(Nc2ccc(S(N)(=O)=O)nc2)ncc1Br. The molecule has 2 aromatic rings. The Morgan fingerprint density at radius 1 is 1.28 bits per heavy atom. The van der Waals surface area contributed by atoms with Crippen molar-refractivity contribution in [2.45, 2.75) is 31.0 Å². The van der Waals surface area contributed by atoms with Gasteiger partial charge in [-0.05, 0) is 41.9 Å². The molecule has 0 aromatic carbocycles. The summed E-state index contributed by atoms with van der Waals surface area (Å²) in [6.45, 7) is 3.58. The number of likely N-dealkylation sites (N-methyl/N-ethyl adjacent to an activating group) is 1. The van der Waals surface area contributed by atoms with Gasteiger partial charge in [0.05, 0.1) is 28.5 Å². The van der Waals surface area contributed by atoms with Crippen molar-refractivity contribution < 1.29 is 13.5 Å². The molecular formula is C14H19BrN6O3S. The number of halogens is 1. The summed E-state index contributed by atoms with van der Waals surface area (Å²) in [5.74, 6) is 0.896. The number of rotatable bonds is 6. The number of anilines is 3. The first-order chi connectivity index (χ1) is 11.6. The molecule has 2 unspecified atom stereocenters. The lowest BCUT2D eigenvalue weighted by Crippen LogP contribution is -2.38. The second-order valence-electron chi connectivity index (χ2n) is 5.51. The van der Waals surface area contributed by atoms with E-state index >= 15 is 0 Å². The second-order valence-corrected chi connectivity index (χ2v) is 7.88. The van der Waals surface area contributed by atoms with Crippen molar-refractivity contribution >= 4 is 43.4 Å². The number of aliphatic hydroxyl groups is 1. The van der Waals surface area contributed by atoms with Gasteiger partial charge in [0.15, 0.2) is 5.03 Å². The maximum Gasteiger partial charge on any atom is 0.255 e. The lowest BCUT2D eigenvalue weighted by molar-refractivity contribution is 0.167. The fraction of sp³-hybridized carbons (Fsp3) is 0.357. The van der Waals surface area contributed by atoms with E-state index in [0.717, 1.165) is 0 Å². The molecule has 0 radical (unpaired) electrons. The monoisotopic (exact) mass is 430 g/mol. The van der Waals surface area contributed by atoms with E-state index < -0.39 is 16.1 Å². The van der Waals surface area contributed by atoms with Gasteiger partial charge >= 0.3 is 0 Å². The first-order valence-electron chi connectivity index (χ1n) is 7.29. The van der Waals surface area contributed by atoms with Crippen LogP contribution in [0.2, 0.25) is 0 Å². The van der Waals surface area contributed by atoms with Gasteiger partial charge in [-0.2, -0.15) is 4.98 Å². The number of primary sulfonamides is 1. The highest BCUT2D eigenvalue weighted by molar-refractivity contribution is 9.10. The molecule has 0 aliphatic heterocycles. The van der Waals surface area contributed by atoms with Crippen molar-refractivity contribution in [1.82, 2.24) is 15.0 Å². The molecule has 2 atom stereocenters.